The Morgan fingerprint density at radius 3 is 2.74 bits per heavy atom. The Balaban J connectivity index is 2.07. The van der Waals surface area contributed by atoms with Gasteiger partial charge in [-0.2, -0.15) is 0 Å². The Labute approximate surface area is 110 Å². The van der Waals surface area contributed by atoms with Gasteiger partial charge in [-0.3, -0.25) is 0 Å². The van der Waals surface area contributed by atoms with Crippen LogP contribution in [-0.4, -0.2) is 5.11 Å². The summed E-state index contributed by atoms with van der Waals surface area (Å²) >= 11 is 0. The van der Waals surface area contributed by atoms with Crippen molar-refractivity contribution in [3.05, 3.63) is 47.3 Å². The third-order valence-corrected chi connectivity index (χ3v) is 3.97. The summed E-state index contributed by atoms with van der Waals surface area (Å²) in [4.78, 5) is 0. The quantitative estimate of drug-likeness (QED) is 0.775. The summed E-state index contributed by atoms with van der Waals surface area (Å²) in [6.07, 6.45) is 1.80. The van der Waals surface area contributed by atoms with Crippen molar-refractivity contribution in [2.24, 2.45) is 0 Å². The minimum absolute atomic E-state index is 0.144. The predicted molar refractivity (Wildman–Crippen MR) is 69.8 cm³/mol. The fourth-order valence-corrected chi connectivity index (χ4v) is 2.93. The van der Waals surface area contributed by atoms with Gasteiger partial charge in [0, 0.05) is 22.8 Å². The normalized spacial score (nSPS) is 17.6. The van der Waals surface area contributed by atoms with Gasteiger partial charge in [-0.05, 0) is 43.5 Å². The van der Waals surface area contributed by atoms with Crippen LogP contribution in [0.4, 0.5) is 4.39 Å². The minimum Gasteiger partial charge on any atom is -0.508 e. The molecule has 1 N–H and O–H groups in total. The second-order valence-corrected chi connectivity index (χ2v) is 5.45. The van der Waals surface area contributed by atoms with Crippen LogP contribution in [0, 0.1) is 12.7 Å². The number of hydrogen-bond donors (Lipinski definition) is 1. The van der Waals surface area contributed by atoms with Crippen molar-refractivity contribution in [2.45, 2.75) is 25.4 Å². The second-order valence-electron chi connectivity index (χ2n) is 5.45. The van der Waals surface area contributed by atoms with Crippen molar-refractivity contribution >= 4 is 0 Å². The average molecular weight is 256 g/mol. The van der Waals surface area contributed by atoms with Gasteiger partial charge in [0.1, 0.15) is 22.9 Å². The molecule has 0 bridgehead atoms. The summed E-state index contributed by atoms with van der Waals surface area (Å²) in [5.74, 6) is 0.509. The predicted octanol–water partition coefficient (Wildman–Crippen LogP) is 3.89. The average Bonchev–Trinajstić information content (AvgIpc) is 3.10. The lowest BCUT2D eigenvalue weighted by Crippen LogP contribution is -2.22. The van der Waals surface area contributed by atoms with E-state index >= 15 is 0 Å². The number of phenolic OH excluding ortho intramolecular Hbond substituents is 1. The largest absolute Gasteiger partial charge is 0.508 e. The van der Waals surface area contributed by atoms with E-state index in [0.717, 1.165) is 29.5 Å². The number of benzene rings is 2. The van der Waals surface area contributed by atoms with Gasteiger partial charge >= 0.3 is 0 Å². The summed E-state index contributed by atoms with van der Waals surface area (Å²) < 4.78 is 20.4. The number of halogens is 1. The Morgan fingerprint density at radius 2 is 2.00 bits per heavy atom. The first kappa shape index (κ1) is 10.9. The summed E-state index contributed by atoms with van der Waals surface area (Å²) in [5.41, 5.74) is 2.84. The molecule has 2 aromatic carbocycles. The molecule has 1 aliphatic carbocycles. The van der Waals surface area contributed by atoms with E-state index in [-0.39, 0.29) is 17.2 Å². The van der Waals surface area contributed by atoms with Gasteiger partial charge in [0.25, 0.3) is 0 Å². The molecule has 1 fully saturated rings. The van der Waals surface area contributed by atoms with E-state index in [0.29, 0.717) is 11.3 Å². The molecule has 1 saturated carbocycles. The van der Waals surface area contributed by atoms with Crippen molar-refractivity contribution < 1.29 is 14.2 Å². The number of aromatic hydroxyl groups is 1. The van der Waals surface area contributed by atoms with Gasteiger partial charge in [-0.15, -0.1) is 0 Å². The molecular weight excluding hydrogens is 243 g/mol. The summed E-state index contributed by atoms with van der Waals surface area (Å²) in [5, 5.41) is 9.57. The highest BCUT2D eigenvalue weighted by Gasteiger charge is 2.52. The van der Waals surface area contributed by atoms with Crippen molar-refractivity contribution in [3.63, 3.8) is 0 Å². The molecule has 19 heavy (non-hydrogen) atoms. The van der Waals surface area contributed by atoms with Gasteiger partial charge in [-0.1, -0.05) is 6.07 Å². The lowest BCUT2D eigenvalue weighted by molar-refractivity contribution is 0.176. The molecule has 0 saturated heterocycles. The Morgan fingerprint density at radius 1 is 1.21 bits per heavy atom. The summed E-state index contributed by atoms with van der Waals surface area (Å²) in [6.45, 7) is 1.89. The third kappa shape index (κ3) is 1.41. The lowest BCUT2D eigenvalue weighted by atomic mass is 9.89. The van der Waals surface area contributed by atoms with Crippen LogP contribution in [0.1, 0.15) is 24.0 Å². The molecule has 3 heteroatoms. The van der Waals surface area contributed by atoms with Gasteiger partial charge < -0.3 is 9.84 Å². The second kappa shape index (κ2) is 3.29. The monoisotopic (exact) mass is 256 g/mol. The van der Waals surface area contributed by atoms with Gasteiger partial charge in [0.05, 0.1) is 0 Å². The Hall–Kier alpha value is -2.03. The van der Waals surface area contributed by atoms with E-state index in [4.69, 9.17) is 4.74 Å². The maximum atomic E-state index is 14.4. The smallest absolute Gasteiger partial charge is 0.135 e. The van der Waals surface area contributed by atoms with E-state index in [9.17, 15) is 9.50 Å². The molecule has 0 radical (unpaired) electrons. The molecule has 0 unspecified atom stereocenters. The van der Waals surface area contributed by atoms with Crippen molar-refractivity contribution in [3.8, 4) is 22.6 Å². The zero-order valence-corrected chi connectivity index (χ0v) is 10.5. The number of fused-ring (bicyclic) bond motifs is 4. The van der Waals surface area contributed by atoms with Crippen LogP contribution in [0.25, 0.3) is 11.1 Å². The van der Waals surface area contributed by atoms with E-state index in [1.54, 1.807) is 24.3 Å². The maximum absolute atomic E-state index is 14.4. The number of hydrogen-bond acceptors (Lipinski definition) is 2. The number of aryl methyl sites for hydroxylation is 1. The molecule has 1 heterocycles. The molecule has 96 valence electrons. The fraction of sp³-hybridized carbons (Fsp3) is 0.250. The highest BCUT2D eigenvalue weighted by Crippen LogP contribution is 2.58. The van der Waals surface area contributed by atoms with Crippen LogP contribution in [0.15, 0.2) is 30.3 Å². The molecule has 1 spiro atoms. The number of phenols is 1. The van der Waals surface area contributed by atoms with Crippen LogP contribution in [-0.2, 0) is 5.60 Å². The molecule has 2 aromatic rings. The van der Waals surface area contributed by atoms with Crippen molar-refractivity contribution in [1.29, 1.82) is 0 Å². The molecule has 0 aromatic heterocycles. The van der Waals surface area contributed by atoms with E-state index in [2.05, 4.69) is 0 Å². The maximum Gasteiger partial charge on any atom is 0.135 e. The molecule has 2 nitrogen and oxygen atoms in total. The highest BCUT2D eigenvalue weighted by molar-refractivity contribution is 5.79. The first-order chi connectivity index (χ1) is 9.09. The summed E-state index contributed by atoms with van der Waals surface area (Å²) in [7, 11) is 0. The van der Waals surface area contributed by atoms with Gasteiger partial charge in [0.2, 0.25) is 0 Å². The van der Waals surface area contributed by atoms with E-state index in [1.165, 1.54) is 0 Å². The van der Waals surface area contributed by atoms with Crippen molar-refractivity contribution in [1.82, 2.24) is 0 Å². The van der Waals surface area contributed by atoms with E-state index < -0.39 is 0 Å². The van der Waals surface area contributed by atoms with Crippen LogP contribution in [0.2, 0.25) is 0 Å². The van der Waals surface area contributed by atoms with Gasteiger partial charge in [-0.25, -0.2) is 4.39 Å². The first-order valence-corrected chi connectivity index (χ1v) is 6.42. The minimum atomic E-state index is -0.372. The zero-order chi connectivity index (χ0) is 13.2. The molecule has 2 aliphatic rings. The first-order valence-electron chi connectivity index (χ1n) is 6.42. The molecular formula is C16H13FO2. The standard InChI is InChI=1S/C16H13FO2/c1-9-6-12-15(13(17)7-9)11-3-2-10(18)8-14(11)19-16(12)4-5-16/h2-3,6-8,18H,4-5H2,1H3. The SMILES string of the molecule is Cc1cc(F)c2c(c1)C1(CC1)Oc1cc(O)ccc1-2. The van der Waals surface area contributed by atoms with Crippen molar-refractivity contribution in [2.75, 3.05) is 0 Å². The lowest BCUT2D eigenvalue weighted by Gasteiger charge is -2.29. The molecule has 4 rings (SSSR count). The summed E-state index contributed by atoms with van der Waals surface area (Å²) in [6, 6.07) is 8.42. The van der Waals surface area contributed by atoms with E-state index in [1.807, 2.05) is 13.0 Å². The third-order valence-electron chi connectivity index (χ3n) is 3.97. The van der Waals surface area contributed by atoms with Crippen LogP contribution < -0.4 is 4.74 Å². The highest BCUT2D eigenvalue weighted by atomic mass is 19.1. The Bertz CT molecular complexity index is 702. The van der Waals surface area contributed by atoms with Crippen LogP contribution in [0.5, 0.6) is 11.5 Å². The number of rotatable bonds is 0. The zero-order valence-electron chi connectivity index (χ0n) is 10.5. The molecule has 0 amide bonds. The van der Waals surface area contributed by atoms with Gasteiger partial charge in [0.15, 0.2) is 0 Å². The van der Waals surface area contributed by atoms with Crippen LogP contribution in [0.3, 0.4) is 0 Å². The van der Waals surface area contributed by atoms with Crippen LogP contribution >= 0.6 is 0 Å². The molecule has 1 aliphatic heterocycles. The Kier molecular flexibility index (Phi) is 1.88. The molecule has 0 atom stereocenters. The number of ether oxygens (including phenoxy) is 1. The fourth-order valence-electron chi connectivity index (χ4n) is 2.93. The topological polar surface area (TPSA) is 29.5 Å².